The maximum Gasteiger partial charge on any atom is 0.233 e. The fraction of sp³-hybridized carbons (Fsp3) is 0.350. The molecule has 0 aromatic heterocycles. The van der Waals surface area contributed by atoms with Gasteiger partial charge in [0.2, 0.25) is 5.91 Å². The van der Waals surface area contributed by atoms with Crippen molar-refractivity contribution in [2.24, 2.45) is 0 Å². The van der Waals surface area contributed by atoms with Gasteiger partial charge in [0.1, 0.15) is 12.4 Å². The molecule has 4 heteroatoms. The number of amides is 1. The van der Waals surface area contributed by atoms with Crippen LogP contribution in [-0.4, -0.2) is 24.3 Å². The zero-order valence-corrected chi connectivity index (χ0v) is 15.6. The zero-order valence-electron chi connectivity index (χ0n) is 14.8. The second-order valence-electron chi connectivity index (χ2n) is 5.96. The van der Waals surface area contributed by atoms with Gasteiger partial charge in [-0.15, -0.1) is 11.8 Å². The normalized spacial score (nSPS) is 11.8. The molecule has 0 radical (unpaired) electrons. The van der Waals surface area contributed by atoms with Crippen molar-refractivity contribution in [3.63, 3.8) is 0 Å². The highest BCUT2D eigenvalue weighted by molar-refractivity contribution is 8.00. The van der Waals surface area contributed by atoms with Crippen LogP contribution in [0, 0.1) is 20.8 Å². The standard InChI is InChI=1S/C20H25NO2S/c1-14-5-9-19(10-6-14)24-17(4)20(22)21-11-12-23-18-8-7-15(2)16(3)13-18/h5-10,13,17H,11-12H2,1-4H3,(H,21,22)/t17-/m1/s1. The van der Waals surface area contributed by atoms with Gasteiger partial charge in [-0.3, -0.25) is 4.79 Å². The Morgan fingerprint density at radius 1 is 1.08 bits per heavy atom. The zero-order chi connectivity index (χ0) is 17.5. The average molecular weight is 343 g/mol. The van der Waals surface area contributed by atoms with Crippen LogP contribution in [0.5, 0.6) is 5.75 Å². The number of carbonyl (C=O) groups excluding carboxylic acids is 1. The third kappa shape index (κ3) is 5.60. The van der Waals surface area contributed by atoms with Gasteiger partial charge in [0.25, 0.3) is 0 Å². The summed E-state index contributed by atoms with van der Waals surface area (Å²) in [5.41, 5.74) is 3.68. The lowest BCUT2D eigenvalue weighted by molar-refractivity contribution is -0.120. The molecule has 0 aliphatic heterocycles. The maximum atomic E-state index is 12.1. The molecule has 0 aliphatic carbocycles. The van der Waals surface area contributed by atoms with E-state index >= 15 is 0 Å². The van der Waals surface area contributed by atoms with Crippen LogP contribution >= 0.6 is 11.8 Å². The van der Waals surface area contributed by atoms with Crippen molar-refractivity contribution in [3.8, 4) is 5.75 Å². The van der Waals surface area contributed by atoms with Crippen molar-refractivity contribution in [1.82, 2.24) is 5.32 Å². The van der Waals surface area contributed by atoms with Crippen molar-refractivity contribution >= 4 is 17.7 Å². The van der Waals surface area contributed by atoms with E-state index in [4.69, 9.17) is 4.74 Å². The molecule has 1 amide bonds. The van der Waals surface area contributed by atoms with Crippen LogP contribution in [0.3, 0.4) is 0 Å². The number of benzene rings is 2. The Hall–Kier alpha value is -1.94. The van der Waals surface area contributed by atoms with Gasteiger partial charge in [-0.05, 0) is 63.1 Å². The largest absolute Gasteiger partial charge is 0.492 e. The van der Waals surface area contributed by atoms with Gasteiger partial charge in [0.05, 0.1) is 11.8 Å². The summed E-state index contributed by atoms with van der Waals surface area (Å²) in [6.07, 6.45) is 0. The Labute approximate surface area is 148 Å². The van der Waals surface area contributed by atoms with Crippen molar-refractivity contribution in [2.45, 2.75) is 37.8 Å². The van der Waals surface area contributed by atoms with Gasteiger partial charge in [0.15, 0.2) is 0 Å². The molecule has 3 nitrogen and oxygen atoms in total. The summed E-state index contributed by atoms with van der Waals surface area (Å²) < 4.78 is 5.68. The fourth-order valence-electron chi connectivity index (χ4n) is 2.17. The van der Waals surface area contributed by atoms with E-state index in [0.29, 0.717) is 13.2 Å². The molecule has 24 heavy (non-hydrogen) atoms. The Balaban J connectivity index is 1.72. The predicted molar refractivity (Wildman–Crippen MR) is 101 cm³/mol. The average Bonchev–Trinajstić information content (AvgIpc) is 2.56. The summed E-state index contributed by atoms with van der Waals surface area (Å²) in [4.78, 5) is 13.2. The van der Waals surface area contributed by atoms with Crippen LogP contribution in [0.25, 0.3) is 0 Å². The number of rotatable bonds is 7. The molecule has 2 aromatic rings. The minimum absolute atomic E-state index is 0.0317. The van der Waals surface area contributed by atoms with Gasteiger partial charge in [-0.1, -0.05) is 23.8 Å². The predicted octanol–water partition coefficient (Wildman–Crippen LogP) is 4.29. The Bertz CT molecular complexity index is 683. The SMILES string of the molecule is Cc1ccc(S[C@H](C)C(=O)NCCOc2ccc(C)c(C)c2)cc1. The molecule has 0 aliphatic rings. The Kier molecular flexibility index (Phi) is 6.73. The third-order valence-corrected chi connectivity index (χ3v) is 4.96. The van der Waals surface area contributed by atoms with Crippen LogP contribution in [0.15, 0.2) is 47.4 Å². The molecule has 128 valence electrons. The van der Waals surface area contributed by atoms with Crippen molar-refractivity contribution in [2.75, 3.05) is 13.2 Å². The summed E-state index contributed by atoms with van der Waals surface area (Å²) in [6.45, 7) is 9.09. The molecule has 2 aromatic carbocycles. The second-order valence-corrected chi connectivity index (χ2v) is 7.37. The Morgan fingerprint density at radius 3 is 2.46 bits per heavy atom. The number of aryl methyl sites for hydroxylation is 3. The number of ether oxygens (including phenoxy) is 1. The minimum atomic E-state index is -0.130. The van der Waals surface area contributed by atoms with Crippen LogP contribution in [0.1, 0.15) is 23.6 Å². The molecule has 0 bridgehead atoms. The minimum Gasteiger partial charge on any atom is -0.492 e. The molecule has 1 N–H and O–H groups in total. The topological polar surface area (TPSA) is 38.3 Å². The van der Waals surface area contributed by atoms with E-state index in [9.17, 15) is 4.79 Å². The first kappa shape index (κ1) is 18.4. The van der Waals surface area contributed by atoms with Crippen molar-refractivity contribution < 1.29 is 9.53 Å². The first-order chi connectivity index (χ1) is 11.5. The molecule has 0 spiro atoms. The van der Waals surface area contributed by atoms with Gasteiger partial charge in [0, 0.05) is 4.90 Å². The number of nitrogens with one attached hydrogen (secondary N) is 1. The lowest BCUT2D eigenvalue weighted by Gasteiger charge is -2.13. The molecule has 1 atom stereocenters. The fourth-order valence-corrected chi connectivity index (χ4v) is 3.06. The third-order valence-electron chi connectivity index (χ3n) is 3.85. The molecule has 0 saturated carbocycles. The van der Waals surface area contributed by atoms with E-state index in [1.54, 1.807) is 11.8 Å². The van der Waals surface area contributed by atoms with E-state index in [0.717, 1.165) is 10.6 Å². The monoisotopic (exact) mass is 343 g/mol. The van der Waals surface area contributed by atoms with Crippen molar-refractivity contribution in [3.05, 3.63) is 59.2 Å². The molecule has 0 heterocycles. The number of carbonyl (C=O) groups is 1. The number of thioether (sulfide) groups is 1. The van der Waals surface area contributed by atoms with Gasteiger partial charge in [-0.2, -0.15) is 0 Å². The van der Waals surface area contributed by atoms with Crippen molar-refractivity contribution in [1.29, 1.82) is 0 Å². The van der Waals surface area contributed by atoms with Crippen LogP contribution in [0.2, 0.25) is 0 Å². The van der Waals surface area contributed by atoms with E-state index in [1.807, 2.05) is 37.3 Å². The van der Waals surface area contributed by atoms with Crippen LogP contribution in [0.4, 0.5) is 0 Å². The van der Waals surface area contributed by atoms with E-state index in [1.165, 1.54) is 16.7 Å². The van der Waals surface area contributed by atoms with Crippen LogP contribution in [-0.2, 0) is 4.79 Å². The van der Waals surface area contributed by atoms with Gasteiger partial charge in [-0.25, -0.2) is 0 Å². The molecular formula is C20H25NO2S. The summed E-state index contributed by atoms with van der Waals surface area (Å²) in [5.74, 6) is 0.874. The molecule has 0 saturated heterocycles. The summed E-state index contributed by atoms with van der Waals surface area (Å²) >= 11 is 1.57. The first-order valence-electron chi connectivity index (χ1n) is 8.17. The highest BCUT2D eigenvalue weighted by Crippen LogP contribution is 2.23. The summed E-state index contributed by atoms with van der Waals surface area (Å²) in [7, 11) is 0. The summed E-state index contributed by atoms with van der Waals surface area (Å²) in [5, 5.41) is 2.80. The number of hydrogen-bond acceptors (Lipinski definition) is 3. The molecule has 0 fully saturated rings. The lowest BCUT2D eigenvalue weighted by atomic mass is 10.1. The Morgan fingerprint density at radius 2 is 1.79 bits per heavy atom. The maximum absolute atomic E-state index is 12.1. The summed E-state index contributed by atoms with van der Waals surface area (Å²) in [6, 6.07) is 14.2. The smallest absolute Gasteiger partial charge is 0.233 e. The lowest BCUT2D eigenvalue weighted by Crippen LogP contribution is -2.33. The molecule has 0 unspecified atom stereocenters. The number of hydrogen-bond donors (Lipinski definition) is 1. The van der Waals surface area contributed by atoms with Crippen LogP contribution < -0.4 is 10.1 Å². The quantitative estimate of drug-likeness (QED) is 0.602. The van der Waals surface area contributed by atoms with Gasteiger partial charge >= 0.3 is 0 Å². The van der Waals surface area contributed by atoms with Gasteiger partial charge < -0.3 is 10.1 Å². The molecular weight excluding hydrogens is 318 g/mol. The van der Waals surface area contributed by atoms with E-state index in [2.05, 4.69) is 38.2 Å². The second kappa shape index (κ2) is 8.78. The van der Waals surface area contributed by atoms with E-state index < -0.39 is 0 Å². The first-order valence-corrected chi connectivity index (χ1v) is 9.05. The molecule has 2 rings (SSSR count). The van der Waals surface area contributed by atoms with E-state index in [-0.39, 0.29) is 11.2 Å². The highest BCUT2D eigenvalue weighted by atomic mass is 32.2. The highest BCUT2D eigenvalue weighted by Gasteiger charge is 2.13.